The average Bonchev–Trinajstić information content (AvgIpc) is 2.46. The van der Waals surface area contributed by atoms with Crippen molar-refractivity contribution in [2.75, 3.05) is 6.61 Å². The number of esters is 1. The van der Waals surface area contributed by atoms with Crippen LogP contribution in [0.4, 0.5) is 22.0 Å². The summed E-state index contributed by atoms with van der Waals surface area (Å²) < 4.78 is 66.3. The van der Waals surface area contributed by atoms with Crippen molar-refractivity contribution in [2.45, 2.75) is 76.8 Å². The van der Waals surface area contributed by atoms with E-state index in [2.05, 4.69) is 18.2 Å². The molecule has 2 nitrogen and oxygen atoms in total. The van der Waals surface area contributed by atoms with E-state index in [1.54, 1.807) is 0 Å². The first-order valence-electron chi connectivity index (χ1n) is 7.95. The van der Waals surface area contributed by atoms with Gasteiger partial charge in [-0.15, -0.1) is 0 Å². The molecule has 0 spiro atoms. The molecule has 7 heteroatoms. The molecular formula is C16H25F5O2. The number of hydrogen-bond donors (Lipinski definition) is 0. The summed E-state index contributed by atoms with van der Waals surface area (Å²) in [4.78, 5) is 11.2. The van der Waals surface area contributed by atoms with Gasteiger partial charge in [-0.2, -0.15) is 22.0 Å². The molecule has 0 saturated carbocycles. The molecule has 0 unspecified atom stereocenters. The second kappa shape index (κ2) is 10.6. The summed E-state index contributed by atoms with van der Waals surface area (Å²) in [6.45, 7) is 4.47. The van der Waals surface area contributed by atoms with Crippen LogP contribution in [0.1, 0.15) is 64.7 Å². The number of alkyl halides is 5. The molecule has 0 aromatic rings. The highest BCUT2D eigenvalue weighted by Crippen LogP contribution is 2.40. The largest absolute Gasteiger partial charge is 0.462 e. The van der Waals surface area contributed by atoms with Gasteiger partial charge in [0.2, 0.25) is 0 Å². The van der Waals surface area contributed by atoms with Crippen molar-refractivity contribution < 1.29 is 31.5 Å². The zero-order valence-electron chi connectivity index (χ0n) is 13.5. The van der Waals surface area contributed by atoms with Gasteiger partial charge in [0.1, 0.15) is 5.57 Å². The third kappa shape index (κ3) is 8.32. The van der Waals surface area contributed by atoms with Crippen LogP contribution >= 0.6 is 0 Å². The number of ether oxygens (including phenoxy) is 1. The highest BCUT2D eigenvalue weighted by Gasteiger charge is 2.61. The van der Waals surface area contributed by atoms with Gasteiger partial charge in [-0.3, -0.25) is 0 Å². The molecule has 0 atom stereocenters. The lowest BCUT2D eigenvalue weighted by Crippen LogP contribution is -2.41. The van der Waals surface area contributed by atoms with E-state index >= 15 is 0 Å². The quantitative estimate of drug-likeness (QED) is 0.193. The predicted molar refractivity (Wildman–Crippen MR) is 78.3 cm³/mol. The maximum absolute atomic E-state index is 12.9. The third-order valence-electron chi connectivity index (χ3n) is 3.46. The molecule has 0 aliphatic heterocycles. The predicted octanol–water partition coefficient (Wildman–Crippen LogP) is 5.81. The molecule has 136 valence electrons. The van der Waals surface area contributed by atoms with Crippen molar-refractivity contribution in [3.05, 3.63) is 12.2 Å². The molecule has 0 radical (unpaired) electrons. The Kier molecular flexibility index (Phi) is 10.1. The van der Waals surface area contributed by atoms with E-state index < -0.39 is 23.6 Å². The van der Waals surface area contributed by atoms with Gasteiger partial charge in [-0.05, 0) is 6.42 Å². The Labute approximate surface area is 134 Å². The van der Waals surface area contributed by atoms with Crippen LogP contribution < -0.4 is 0 Å². The normalized spacial score (nSPS) is 12.3. The van der Waals surface area contributed by atoms with E-state index in [4.69, 9.17) is 0 Å². The zero-order valence-corrected chi connectivity index (χ0v) is 13.5. The topological polar surface area (TPSA) is 26.3 Å². The first-order chi connectivity index (χ1) is 10.6. The summed E-state index contributed by atoms with van der Waals surface area (Å²) in [6, 6.07) is 0. The lowest BCUT2D eigenvalue weighted by atomic mass is 10.1. The first-order valence-corrected chi connectivity index (χ1v) is 7.95. The van der Waals surface area contributed by atoms with Gasteiger partial charge in [-0.1, -0.05) is 64.9 Å². The number of halogens is 5. The lowest BCUT2D eigenvalue weighted by molar-refractivity contribution is -0.265. The second-order valence-corrected chi connectivity index (χ2v) is 5.52. The van der Waals surface area contributed by atoms with Crippen molar-refractivity contribution in [2.24, 2.45) is 0 Å². The van der Waals surface area contributed by atoms with Crippen LogP contribution in [0.3, 0.4) is 0 Å². The molecule has 0 aliphatic carbocycles. The van der Waals surface area contributed by atoms with Gasteiger partial charge in [-0.25, -0.2) is 4.79 Å². The molecule has 23 heavy (non-hydrogen) atoms. The number of carbonyl (C=O) groups excluding carboxylic acids is 1. The summed E-state index contributed by atoms with van der Waals surface area (Å²) in [6.07, 6.45) is 3.20. The first kappa shape index (κ1) is 21.9. The van der Waals surface area contributed by atoms with Crippen LogP contribution in [0.2, 0.25) is 0 Å². The van der Waals surface area contributed by atoms with Gasteiger partial charge >= 0.3 is 18.1 Å². The summed E-state index contributed by atoms with van der Waals surface area (Å²) in [5.41, 5.74) is -1.87. The Morgan fingerprint density at radius 1 is 0.870 bits per heavy atom. The number of carbonyl (C=O) groups is 1. The van der Waals surface area contributed by atoms with Crippen LogP contribution in [0.15, 0.2) is 12.2 Å². The van der Waals surface area contributed by atoms with E-state index in [0.717, 1.165) is 25.7 Å². The molecule has 0 rings (SSSR count). The fourth-order valence-electron chi connectivity index (χ4n) is 1.96. The van der Waals surface area contributed by atoms with Gasteiger partial charge in [0.25, 0.3) is 0 Å². The van der Waals surface area contributed by atoms with Gasteiger partial charge in [0.15, 0.2) is 0 Å². The Morgan fingerprint density at radius 2 is 1.30 bits per heavy atom. The molecule has 0 aromatic carbocycles. The van der Waals surface area contributed by atoms with Crippen molar-refractivity contribution in [1.29, 1.82) is 0 Å². The molecule has 0 aromatic heterocycles. The molecule has 0 saturated heterocycles. The van der Waals surface area contributed by atoms with E-state index in [1.807, 2.05) is 0 Å². The van der Waals surface area contributed by atoms with E-state index in [0.29, 0.717) is 6.42 Å². The van der Waals surface area contributed by atoms with Crippen LogP contribution in [-0.2, 0) is 9.53 Å². The zero-order chi connectivity index (χ0) is 17.9. The summed E-state index contributed by atoms with van der Waals surface area (Å²) >= 11 is 0. The van der Waals surface area contributed by atoms with E-state index in [1.165, 1.54) is 25.7 Å². The van der Waals surface area contributed by atoms with Gasteiger partial charge < -0.3 is 4.74 Å². The van der Waals surface area contributed by atoms with Crippen molar-refractivity contribution in [3.63, 3.8) is 0 Å². The SMILES string of the molecule is C=C(C(=O)OCCCCCCCCCCC)C(F)(F)C(F)(F)F. The molecule has 0 bridgehead atoms. The lowest BCUT2D eigenvalue weighted by Gasteiger charge is -2.20. The minimum atomic E-state index is -5.85. The highest BCUT2D eigenvalue weighted by atomic mass is 19.4. The van der Waals surface area contributed by atoms with Crippen LogP contribution in [0.25, 0.3) is 0 Å². The number of hydrogen-bond acceptors (Lipinski definition) is 2. The monoisotopic (exact) mass is 344 g/mol. The maximum Gasteiger partial charge on any atom is 0.458 e. The Balaban J connectivity index is 3.78. The molecular weight excluding hydrogens is 319 g/mol. The molecule has 0 heterocycles. The fourth-order valence-corrected chi connectivity index (χ4v) is 1.96. The Bertz CT molecular complexity index is 364. The van der Waals surface area contributed by atoms with E-state index in [9.17, 15) is 26.7 Å². The van der Waals surface area contributed by atoms with Crippen LogP contribution in [0.5, 0.6) is 0 Å². The minimum absolute atomic E-state index is 0.179. The fraction of sp³-hybridized carbons (Fsp3) is 0.812. The molecule has 0 fully saturated rings. The van der Waals surface area contributed by atoms with Crippen molar-refractivity contribution >= 4 is 5.97 Å². The minimum Gasteiger partial charge on any atom is -0.462 e. The Morgan fingerprint density at radius 3 is 1.74 bits per heavy atom. The maximum atomic E-state index is 12.9. The summed E-state index contributed by atoms with van der Waals surface area (Å²) in [7, 11) is 0. The van der Waals surface area contributed by atoms with Crippen LogP contribution in [-0.4, -0.2) is 24.7 Å². The molecule has 0 aliphatic rings. The average molecular weight is 344 g/mol. The number of unbranched alkanes of at least 4 members (excludes halogenated alkanes) is 8. The second-order valence-electron chi connectivity index (χ2n) is 5.52. The van der Waals surface area contributed by atoms with Crippen molar-refractivity contribution in [3.8, 4) is 0 Å². The van der Waals surface area contributed by atoms with Gasteiger partial charge in [0.05, 0.1) is 6.61 Å². The molecule has 0 amide bonds. The Hall–Kier alpha value is -1.14. The number of rotatable bonds is 12. The smallest absolute Gasteiger partial charge is 0.458 e. The third-order valence-corrected chi connectivity index (χ3v) is 3.46. The summed E-state index contributed by atoms with van der Waals surface area (Å²) in [5.74, 6) is -6.96. The van der Waals surface area contributed by atoms with E-state index in [-0.39, 0.29) is 6.61 Å². The van der Waals surface area contributed by atoms with Gasteiger partial charge in [0, 0.05) is 0 Å². The highest BCUT2D eigenvalue weighted by molar-refractivity contribution is 5.89. The standard InChI is InChI=1S/C16H25F5O2/c1-3-4-5-6-7-8-9-10-11-12-23-14(22)13(2)15(17,18)16(19,20)21/h2-12H2,1H3. The van der Waals surface area contributed by atoms with Crippen LogP contribution in [0, 0.1) is 0 Å². The van der Waals surface area contributed by atoms with Crippen molar-refractivity contribution in [1.82, 2.24) is 0 Å². The summed E-state index contributed by atoms with van der Waals surface area (Å²) in [5, 5.41) is 0. The molecule has 0 N–H and O–H groups in total.